The number of amides is 1. The van der Waals surface area contributed by atoms with Crippen LogP contribution in [0.1, 0.15) is 12.5 Å². The van der Waals surface area contributed by atoms with Crippen LogP contribution in [0.4, 0.5) is 5.69 Å². The van der Waals surface area contributed by atoms with E-state index >= 15 is 0 Å². The van der Waals surface area contributed by atoms with Gasteiger partial charge in [-0.3, -0.25) is 4.79 Å². The lowest BCUT2D eigenvalue weighted by Crippen LogP contribution is -2.37. The molecule has 1 unspecified atom stereocenters. The number of carbonyl (C=O) groups excluding carboxylic acids is 1. The van der Waals surface area contributed by atoms with Gasteiger partial charge in [0, 0.05) is 32.2 Å². The van der Waals surface area contributed by atoms with Gasteiger partial charge in [0.2, 0.25) is 15.9 Å². The molecule has 112 valence electrons. The SMILES string of the molecule is CNC(=O)C(C)CN(C)S(=O)(=O)c1cc(N)ccc1C. The Hall–Kier alpha value is -1.60. The fourth-order valence-corrected chi connectivity index (χ4v) is 3.39. The van der Waals surface area contributed by atoms with Gasteiger partial charge in [-0.05, 0) is 24.6 Å². The van der Waals surface area contributed by atoms with Crippen LogP contribution in [0.5, 0.6) is 0 Å². The summed E-state index contributed by atoms with van der Waals surface area (Å²) in [5, 5.41) is 2.50. The smallest absolute Gasteiger partial charge is 0.243 e. The van der Waals surface area contributed by atoms with Crippen molar-refractivity contribution in [1.82, 2.24) is 9.62 Å². The molecule has 0 radical (unpaired) electrons. The normalized spacial score (nSPS) is 13.2. The average Bonchev–Trinajstić information content (AvgIpc) is 2.40. The van der Waals surface area contributed by atoms with Gasteiger partial charge in [-0.25, -0.2) is 12.7 Å². The van der Waals surface area contributed by atoms with Crippen molar-refractivity contribution in [2.45, 2.75) is 18.7 Å². The van der Waals surface area contributed by atoms with Gasteiger partial charge < -0.3 is 11.1 Å². The lowest BCUT2D eigenvalue weighted by molar-refractivity contribution is -0.124. The number of nitrogen functional groups attached to an aromatic ring is 1. The Morgan fingerprint density at radius 2 is 2.05 bits per heavy atom. The second kappa shape index (κ2) is 6.23. The second-order valence-corrected chi connectivity index (χ2v) is 6.84. The van der Waals surface area contributed by atoms with Gasteiger partial charge in [0.1, 0.15) is 0 Å². The Labute approximate surface area is 120 Å². The number of carbonyl (C=O) groups is 1. The highest BCUT2D eigenvalue weighted by molar-refractivity contribution is 7.89. The lowest BCUT2D eigenvalue weighted by Gasteiger charge is -2.21. The van der Waals surface area contributed by atoms with E-state index in [0.29, 0.717) is 11.3 Å². The molecule has 0 saturated carbocycles. The predicted octanol–water partition coefficient (Wildman–Crippen LogP) is 0.580. The largest absolute Gasteiger partial charge is 0.399 e. The number of hydrogen-bond donors (Lipinski definition) is 2. The van der Waals surface area contributed by atoms with E-state index in [0.717, 1.165) is 0 Å². The number of anilines is 1. The summed E-state index contributed by atoms with van der Waals surface area (Å²) in [7, 11) is -0.677. The summed E-state index contributed by atoms with van der Waals surface area (Å²) >= 11 is 0. The first-order valence-corrected chi connectivity index (χ1v) is 7.68. The number of nitrogens with one attached hydrogen (secondary N) is 1. The van der Waals surface area contributed by atoms with Gasteiger partial charge >= 0.3 is 0 Å². The van der Waals surface area contributed by atoms with Crippen molar-refractivity contribution in [3.63, 3.8) is 0 Å². The van der Waals surface area contributed by atoms with Crippen LogP contribution in [-0.2, 0) is 14.8 Å². The van der Waals surface area contributed by atoms with Crippen molar-refractivity contribution in [3.8, 4) is 0 Å². The molecule has 0 fully saturated rings. The molecule has 20 heavy (non-hydrogen) atoms. The minimum absolute atomic E-state index is 0.107. The summed E-state index contributed by atoms with van der Waals surface area (Å²) in [6, 6.07) is 4.76. The van der Waals surface area contributed by atoms with E-state index in [1.54, 1.807) is 26.0 Å². The van der Waals surface area contributed by atoms with Crippen molar-refractivity contribution < 1.29 is 13.2 Å². The Balaban J connectivity index is 3.04. The van der Waals surface area contributed by atoms with Gasteiger partial charge in [-0.2, -0.15) is 0 Å². The Kier molecular flexibility index (Phi) is 5.13. The Morgan fingerprint density at radius 3 is 2.60 bits per heavy atom. The van der Waals surface area contributed by atoms with Crippen molar-refractivity contribution >= 4 is 21.6 Å². The molecule has 0 aliphatic carbocycles. The molecule has 0 aromatic heterocycles. The summed E-state index contributed by atoms with van der Waals surface area (Å²) in [5.41, 5.74) is 6.66. The molecule has 1 aromatic carbocycles. The predicted molar refractivity (Wildman–Crippen MR) is 78.6 cm³/mol. The molecule has 1 atom stereocenters. The van der Waals surface area contributed by atoms with Crippen LogP contribution in [0.2, 0.25) is 0 Å². The molecule has 0 aliphatic heterocycles. The number of nitrogens with two attached hydrogens (primary N) is 1. The van der Waals surface area contributed by atoms with Gasteiger partial charge in [-0.1, -0.05) is 13.0 Å². The summed E-state index contributed by atoms with van der Waals surface area (Å²) in [5.74, 6) is -0.627. The highest BCUT2D eigenvalue weighted by Crippen LogP contribution is 2.22. The Morgan fingerprint density at radius 1 is 1.45 bits per heavy atom. The first-order valence-electron chi connectivity index (χ1n) is 6.24. The zero-order chi connectivity index (χ0) is 15.5. The third-order valence-corrected chi connectivity index (χ3v) is 5.09. The van der Waals surface area contributed by atoms with Crippen LogP contribution in [0.15, 0.2) is 23.1 Å². The molecule has 6 nitrogen and oxygen atoms in total. The van der Waals surface area contributed by atoms with Gasteiger partial charge in [0.25, 0.3) is 0 Å². The molecule has 0 spiro atoms. The minimum atomic E-state index is -3.66. The molecule has 7 heteroatoms. The monoisotopic (exact) mass is 299 g/mol. The van der Waals surface area contributed by atoms with Crippen molar-refractivity contribution in [3.05, 3.63) is 23.8 Å². The molecular formula is C13H21N3O3S. The fourth-order valence-electron chi connectivity index (χ4n) is 1.88. The van der Waals surface area contributed by atoms with Crippen LogP contribution >= 0.6 is 0 Å². The summed E-state index contributed by atoms with van der Waals surface area (Å²) in [6.07, 6.45) is 0. The van der Waals surface area contributed by atoms with E-state index < -0.39 is 15.9 Å². The number of sulfonamides is 1. The van der Waals surface area contributed by atoms with Crippen LogP contribution < -0.4 is 11.1 Å². The van der Waals surface area contributed by atoms with Crippen LogP contribution in [0, 0.1) is 12.8 Å². The molecule has 0 saturated heterocycles. The molecule has 0 heterocycles. The zero-order valence-electron chi connectivity index (χ0n) is 12.2. The van der Waals surface area contributed by atoms with Crippen LogP contribution in [0.3, 0.4) is 0 Å². The molecule has 0 bridgehead atoms. The summed E-state index contributed by atoms with van der Waals surface area (Å²) in [4.78, 5) is 11.6. The minimum Gasteiger partial charge on any atom is -0.399 e. The van der Waals surface area contributed by atoms with Crippen LogP contribution in [0.25, 0.3) is 0 Å². The summed E-state index contributed by atoms with van der Waals surface area (Å²) in [6.45, 7) is 3.50. The number of nitrogens with zero attached hydrogens (tertiary/aromatic N) is 1. The van der Waals surface area contributed by atoms with Crippen LogP contribution in [-0.4, -0.2) is 39.3 Å². The van der Waals surface area contributed by atoms with Gasteiger partial charge in [0.15, 0.2) is 0 Å². The standard InChI is InChI=1S/C13H21N3O3S/c1-9-5-6-11(14)7-12(9)20(18,19)16(4)8-10(2)13(17)15-3/h5-7,10H,8,14H2,1-4H3,(H,15,17). The molecule has 1 amide bonds. The third-order valence-electron chi connectivity index (χ3n) is 3.13. The zero-order valence-corrected chi connectivity index (χ0v) is 13.0. The maximum atomic E-state index is 12.5. The van der Waals surface area contributed by atoms with Crippen molar-refractivity contribution in [2.75, 3.05) is 26.4 Å². The van der Waals surface area contributed by atoms with Gasteiger partial charge in [0.05, 0.1) is 4.90 Å². The third kappa shape index (κ3) is 3.49. The van der Waals surface area contributed by atoms with E-state index in [1.807, 2.05) is 0 Å². The summed E-state index contributed by atoms with van der Waals surface area (Å²) < 4.78 is 26.2. The van der Waals surface area contributed by atoms with Crippen molar-refractivity contribution in [1.29, 1.82) is 0 Å². The molecule has 1 rings (SSSR count). The molecule has 1 aromatic rings. The first kappa shape index (κ1) is 16.5. The highest BCUT2D eigenvalue weighted by atomic mass is 32.2. The molecule has 0 aliphatic rings. The van der Waals surface area contributed by atoms with E-state index in [4.69, 9.17) is 5.73 Å². The first-order chi connectivity index (χ1) is 9.20. The van der Waals surface area contributed by atoms with E-state index in [2.05, 4.69) is 5.32 Å². The highest BCUT2D eigenvalue weighted by Gasteiger charge is 2.26. The topological polar surface area (TPSA) is 92.5 Å². The second-order valence-electron chi connectivity index (χ2n) is 4.83. The molecule has 3 N–H and O–H groups in total. The fraction of sp³-hybridized carbons (Fsp3) is 0.462. The van der Waals surface area contributed by atoms with Gasteiger partial charge in [-0.15, -0.1) is 0 Å². The lowest BCUT2D eigenvalue weighted by atomic mass is 10.2. The number of aryl methyl sites for hydroxylation is 1. The quantitative estimate of drug-likeness (QED) is 0.778. The molecular weight excluding hydrogens is 278 g/mol. The number of benzene rings is 1. The van der Waals surface area contributed by atoms with E-state index in [-0.39, 0.29) is 17.3 Å². The average molecular weight is 299 g/mol. The van der Waals surface area contributed by atoms with Crippen molar-refractivity contribution in [2.24, 2.45) is 5.92 Å². The maximum absolute atomic E-state index is 12.5. The Bertz CT molecular complexity index is 599. The van der Waals surface area contributed by atoms with E-state index in [1.165, 1.54) is 24.5 Å². The number of hydrogen-bond acceptors (Lipinski definition) is 4. The van der Waals surface area contributed by atoms with E-state index in [9.17, 15) is 13.2 Å². The maximum Gasteiger partial charge on any atom is 0.243 e. The number of rotatable bonds is 5.